The Kier molecular flexibility index (Phi) is 3.19. The first-order chi connectivity index (χ1) is 8.34. The highest BCUT2D eigenvalue weighted by molar-refractivity contribution is 5.08. The summed E-state index contributed by atoms with van der Waals surface area (Å²) in [5.74, 6) is 2.54. The summed E-state index contributed by atoms with van der Waals surface area (Å²) in [5.41, 5.74) is 1.47. The van der Waals surface area contributed by atoms with E-state index in [0.29, 0.717) is 0 Å². The van der Waals surface area contributed by atoms with Crippen LogP contribution in [0, 0.1) is 11.8 Å². The summed E-state index contributed by atoms with van der Waals surface area (Å²) in [6.07, 6.45) is 9.55. The Balaban J connectivity index is 1.69. The monoisotopic (exact) mass is 233 g/mol. The number of rotatable bonds is 4. The van der Waals surface area contributed by atoms with E-state index >= 15 is 0 Å². The molecule has 1 aromatic rings. The van der Waals surface area contributed by atoms with Gasteiger partial charge in [-0.15, -0.1) is 0 Å². The maximum Gasteiger partial charge on any atom is 0.0948 e. The standard InChI is InChI=1S/C14H23N3/c1-11(12-2-3-12)9-17-10-16-8-14(17)13-4-6-15-7-5-13/h8,10-13,15H,2-7,9H2,1H3. The molecule has 0 radical (unpaired) electrons. The minimum atomic E-state index is 0.727. The average Bonchev–Trinajstić information content (AvgIpc) is 3.12. The molecule has 1 aliphatic heterocycles. The zero-order valence-electron chi connectivity index (χ0n) is 10.7. The number of nitrogens with zero attached hydrogens (tertiary/aromatic N) is 2. The van der Waals surface area contributed by atoms with E-state index in [4.69, 9.17) is 0 Å². The minimum absolute atomic E-state index is 0.727. The highest BCUT2D eigenvalue weighted by atomic mass is 15.1. The van der Waals surface area contributed by atoms with Crippen molar-refractivity contribution >= 4 is 0 Å². The second-order valence-corrected chi connectivity index (χ2v) is 5.81. The SMILES string of the molecule is CC(Cn1cncc1C1CCNCC1)C1CC1. The van der Waals surface area contributed by atoms with Crippen LogP contribution in [0.2, 0.25) is 0 Å². The summed E-state index contributed by atoms with van der Waals surface area (Å²) in [7, 11) is 0. The fourth-order valence-corrected chi connectivity index (χ4v) is 3.07. The van der Waals surface area contributed by atoms with Gasteiger partial charge in [-0.05, 0) is 50.6 Å². The molecule has 1 saturated heterocycles. The van der Waals surface area contributed by atoms with Crippen molar-refractivity contribution in [1.29, 1.82) is 0 Å². The summed E-state index contributed by atoms with van der Waals surface area (Å²) < 4.78 is 2.42. The molecule has 1 atom stereocenters. The molecule has 3 heteroatoms. The van der Waals surface area contributed by atoms with Crippen molar-refractivity contribution in [3.63, 3.8) is 0 Å². The van der Waals surface area contributed by atoms with Crippen LogP contribution >= 0.6 is 0 Å². The Hall–Kier alpha value is -0.830. The van der Waals surface area contributed by atoms with Crippen LogP contribution in [0.1, 0.15) is 44.2 Å². The molecule has 2 heterocycles. The Bertz CT molecular complexity index is 361. The molecule has 17 heavy (non-hydrogen) atoms. The summed E-state index contributed by atoms with van der Waals surface area (Å²) in [5, 5.41) is 3.44. The molecule has 0 aromatic carbocycles. The van der Waals surface area contributed by atoms with Crippen LogP contribution in [0.3, 0.4) is 0 Å². The first-order valence-electron chi connectivity index (χ1n) is 7.05. The largest absolute Gasteiger partial charge is 0.334 e. The predicted octanol–water partition coefficient (Wildman–Crippen LogP) is 2.40. The Morgan fingerprint density at radius 3 is 2.82 bits per heavy atom. The van der Waals surface area contributed by atoms with Gasteiger partial charge < -0.3 is 9.88 Å². The van der Waals surface area contributed by atoms with Crippen molar-refractivity contribution in [2.75, 3.05) is 13.1 Å². The first-order valence-corrected chi connectivity index (χ1v) is 7.05. The molecule has 3 nitrogen and oxygen atoms in total. The third kappa shape index (κ3) is 2.54. The predicted molar refractivity (Wildman–Crippen MR) is 69.0 cm³/mol. The normalized spacial score (nSPS) is 23.8. The highest BCUT2D eigenvalue weighted by Gasteiger charge is 2.29. The van der Waals surface area contributed by atoms with E-state index in [0.717, 1.165) is 30.8 Å². The van der Waals surface area contributed by atoms with E-state index in [1.165, 1.54) is 37.9 Å². The van der Waals surface area contributed by atoms with Gasteiger partial charge in [-0.3, -0.25) is 0 Å². The van der Waals surface area contributed by atoms with Gasteiger partial charge in [-0.2, -0.15) is 0 Å². The zero-order valence-corrected chi connectivity index (χ0v) is 10.7. The molecule has 0 spiro atoms. The number of imidazole rings is 1. The Morgan fingerprint density at radius 2 is 2.12 bits per heavy atom. The molecule has 2 fully saturated rings. The lowest BCUT2D eigenvalue weighted by Crippen LogP contribution is -2.28. The van der Waals surface area contributed by atoms with Gasteiger partial charge in [0.1, 0.15) is 0 Å². The van der Waals surface area contributed by atoms with Gasteiger partial charge in [0.15, 0.2) is 0 Å². The van der Waals surface area contributed by atoms with Gasteiger partial charge in [0.2, 0.25) is 0 Å². The van der Waals surface area contributed by atoms with E-state index in [-0.39, 0.29) is 0 Å². The van der Waals surface area contributed by atoms with Gasteiger partial charge >= 0.3 is 0 Å². The molecule has 1 saturated carbocycles. The van der Waals surface area contributed by atoms with Crippen molar-refractivity contribution in [1.82, 2.24) is 14.9 Å². The average molecular weight is 233 g/mol. The fraction of sp³-hybridized carbons (Fsp3) is 0.786. The lowest BCUT2D eigenvalue weighted by Gasteiger charge is -2.24. The van der Waals surface area contributed by atoms with Crippen molar-refractivity contribution < 1.29 is 0 Å². The Labute approximate surface area is 104 Å². The van der Waals surface area contributed by atoms with Crippen molar-refractivity contribution in [2.45, 2.75) is 45.1 Å². The molecule has 3 rings (SSSR count). The number of hydrogen-bond donors (Lipinski definition) is 1. The number of hydrogen-bond acceptors (Lipinski definition) is 2. The number of aromatic nitrogens is 2. The van der Waals surface area contributed by atoms with Crippen LogP contribution in [-0.4, -0.2) is 22.6 Å². The van der Waals surface area contributed by atoms with E-state index in [2.05, 4.69) is 28.0 Å². The molecule has 94 valence electrons. The van der Waals surface area contributed by atoms with Crippen LogP contribution in [-0.2, 0) is 6.54 Å². The summed E-state index contributed by atoms with van der Waals surface area (Å²) in [6.45, 7) is 5.88. The fourth-order valence-electron chi connectivity index (χ4n) is 3.07. The van der Waals surface area contributed by atoms with Gasteiger partial charge in [-0.1, -0.05) is 6.92 Å². The topological polar surface area (TPSA) is 29.9 Å². The van der Waals surface area contributed by atoms with E-state index < -0.39 is 0 Å². The van der Waals surface area contributed by atoms with Crippen molar-refractivity contribution in [3.8, 4) is 0 Å². The quantitative estimate of drug-likeness (QED) is 0.865. The van der Waals surface area contributed by atoms with E-state index in [1.807, 2.05) is 6.33 Å². The minimum Gasteiger partial charge on any atom is -0.334 e. The Morgan fingerprint density at radius 1 is 1.35 bits per heavy atom. The van der Waals surface area contributed by atoms with Crippen LogP contribution in [0.4, 0.5) is 0 Å². The number of piperidine rings is 1. The van der Waals surface area contributed by atoms with Gasteiger partial charge in [0.05, 0.1) is 6.33 Å². The van der Waals surface area contributed by atoms with E-state index in [9.17, 15) is 0 Å². The third-order valence-electron chi connectivity index (χ3n) is 4.41. The highest BCUT2D eigenvalue weighted by Crippen LogP contribution is 2.37. The molecular weight excluding hydrogens is 210 g/mol. The maximum absolute atomic E-state index is 4.37. The van der Waals surface area contributed by atoms with Gasteiger partial charge in [0.25, 0.3) is 0 Å². The molecule has 0 bridgehead atoms. The molecule has 0 amide bonds. The molecule has 1 aromatic heterocycles. The van der Waals surface area contributed by atoms with Gasteiger partial charge in [-0.25, -0.2) is 4.98 Å². The molecule has 1 aliphatic carbocycles. The van der Waals surface area contributed by atoms with Crippen LogP contribution in [0.15, 0.2) is 12.5 Å². The molecule has 1 unspecified atom stereocenters. The lowest BCUT2D eigenvalue weighted by molar-refractivity contribution is 0.394. The summed E-state index contributed by atoms with van der Waals surface area (Å²) in [6, 6.07) is 0. The zero-order chi connectivity index (χ0) is 11.7. The van der Waals surface area contributed by atoms with Crippen molar-refractivity contribution in [3.05, 3.63) is 18.2 Å². The number of nitrogens with one attached hydrogen (secondary N) is 1. The van der Waals surface area contributed by atoms with Crippen LogP contribution in [0.25, 0.3) is 0 Å². The first kappa shape index (κ1) is 11.3. The van der Waals surface area contributed by atoms with Crippen LogP contribution in [0.5, 0.6) is 0 Å². The molecule has 2 aliphatic rings. The second-order valence-electron chi connectivity index (χ2n) is 5.81. The molecular formula is C14H23N3. The summed E-state index contributed by atoms with van der Waals surface area (Å²) >= 11 is 0. The van der Waals surface area contributed by atoms with Crippen molar-refractivity contribution in [2.24, 2.45) is 11.8 Å². The third-order valence-corrected chi connectivity index (χ3v) is 4.41. The van der Waals surface area contributed by atoms with E-state index in [1.54, 1.807) is 0 Å². The van der Waals surface area contributed by atoms with Gasteiger partial charge in [0, 0.05) is 24.4 Å². The second kappa shape index (κ2) is 4.81. The molecule has 1 N–H and O–H groups in total. The van der Waals surface area contributed by atoms with Crippen LogP contribution < -0.4 is 5.32 Å². The summed E-state index contributed by atoms with van der Waals surface area (Å²) in [4.78, 5) is 4.37. The lowest BCUT2D eigenvalue weighted by atomic mass is 9.94. The smallest absolute Gasteiger partial charge is 0.0948 e. The maximum atomic E-state index is 4.37.